The molecule has 0 spiro atoms. The highest BCUT2D eigenvalue weighted by molar-refractivity contribution is 8.14. The van der Waals surface area contributed by atoms with Crippen molar-refractivity contribution in [2.24, 2.45) is 5.10 Å². The van der Waals surface area contributed by atoms with Gasteiger partial charge in [0.15, 0.2) is 5.17 Å². The van der Waals surface area contributed by atoms with Gasteiger partial charge in [-0.25, -0.2) is 5.01 Å². The van der Waals surface area contributed by atoms with Crippen LogP contribution in [0.3, 0.4) is 0 Å². The molecule has 6 nitrogen and oxygen atoms in total. The summed E-state index contributed by atoms with van der Waals surface area (Å²) in [5.74, 6) is 0.259. The van der Waals surface area contributed by atoms with Gasteiger partial charge in [0.1, 0.15) is 17.7 Å². The Morgan fingerprint density at radius 1 is 1.14 bits per heavy atom. The third-order valence-corrected chi connectivity index (χ3v) is 5.24. The number of benzene rings is 2. The van der Waals surface area contributed by atoms with Crippen LogP contribution in [0.5, 0.6) is 5.75 Å². The molecule has 0 unspecified atom stereocenters. The van der Waals surface area contributed by atoms with Gasteiger partial charge in [-0.3, -0.25) is 9.59 Å². The molecule has 0 radical (unpaired) electrons. The van der Waals surface area contributed by atoms with Crippen molar-refractivity contribution in [1.29, 1.82) is 0 Å². The summed E-state index contributed by atoms with van der Waals surface area (Å²) < 4.78 is 6.10. The van der Waals surface area contributed by atoms with Gasteiger partial charge in [0, 0.05) is 19.4 Å². The number of rotatable bonds is 4. The largest absolute Gasteiger partial charge is 0.489 e. The van der Waals surface area contributed by atoms with Crippen LogP contribution in [0.15, 0.2) is 47.6 Å². The maximum atomic E-state index is 12.1. The second-order valence-corrected chi connectivity index (χ2v) is 7.81. The van der Waals surface area contributed by atoms with E-state index in [4.69, 9.17) is 4.74 Å². The summed E-state index contributed by atoms with van der Waals surface area (Å²) in [4.78, 5) is 23.5. The molecule has 28 heavy (non-hydrogen) atoms. The number of carbonyl (C=O) groups excluding carboxylic acids is 2. The maximum Gasteiger partial charge on any atom is 0.241 e. The minimum absolute atomic E-state index is 0.205. The molecule has 2 aromatic carbocycles. The minimum atomic E-state index is -0.397. The summed E-state index contributed by atoms with van der Waals surface area (Å²) in [5.41, 5.74) is 4.14. The van der Waals surface area contributed by atoms with Crippen LogP contribution in [0.4, 0.5) is 0 Å². The Balaban J connectivity index is 1.87. The number of hydrazone groups is 1. The summed E-state index contributed by atoms with van der Waals surface area (Å²) in [6.45, 7) is 7.33. The highest BCUT2D eigenvalue weighted by atomic mass is 32.2. The van der Waals surface area contributed by atoms with Crippen molar-refractivity contribution >= 4 is 28.7 Å². The number of carbonyl (C=O) groups is 2. The second-order valence-electron chi connectivity index (χ2n) is 6.74. The summed E-state index contributed by atoms with van der Waals surface area (Å²) in [6.07, 6.45) is 0. The Kier molecular flexibility index (Phi) is 6.04. The standard InChI is InChI=1S/C21H23N3O3S/c1-13-6-5-7-17(10-13)12-27-19-9-8-14(2)11-18(19)20-24(16(4)26)23-21(28-20)22-15(3)25/h5-11,20H,12H2,1-4H3,(H,22,23,25)/t20-/m0/s1. The lowest BCUT2D eigenvalue weighted by molar-refractivity contribution is -0.129. The van der Waals surface area contributed by atoms with E-state index >= 15 is 0 Å². The highest BCUT2D eigenvalue weighted by Crippen LogP contribution is 2.43. The van der Waals surface area contributed by atoms with E-state index in [1.165, 1.54) is 36.2 Å². The third kappa shape index (κ3) is 4.72. The number of thioether (sulfide) groups is 1. The molecule has 1 N–H and O–H groups in total. The van der Waals surface area contributed by atoms with Gasteiger partial charge in [0.2, 0.25) is 11.8 Å². The van der Waals surface area contributed by atoms with E-state index in [2.05, 4.69) is 16.5 Å². The van der Waals surface area contributed by atoms with Crippen LogP contribution in [-0.4, -0.2) is 22.0 Å². The normalized spacial score (nSPS) is 15.9. The summed E-state index contributed by atoms with van der Waals surface area (Å²) >= 11 is 1.32. The van der Waals surface area contributed by atoms with Crippen LogP contribution in [-0.2, 0) is 16.2 Å². The van der Waals surface area contributed by atoms with E-state index in [1.807, 2.05) is 50.2 Å². The Hall–Kier alpha value is -2.80. The molecule has 1 aliphatic rings. The molecule has 0 saturated carbocycles. The fourth-order valence-electron chi connectivity index (χ4n) is 2.92. The van der Waals surface area contributed by atoms with Crippen molar-refractivity contribution in [3.63, 3.8) is 0 Å². The Labute approximate surface area is 169 Å². The molecular formula is C21H23N3O3S. The molecular weight excluding hydrogens is 374 g/mol. The Morgan fingerprint density at radius 3 is 2.57 bits per heavy atom. The van der Waals surface area contributed by atoms with Gasteiger partial charge in [0.05, 0.1) is 0 Å². The zero-order valence-electron chi connectivity index (χ0n) is 16.4. The molecule has 2 amide bonds. The lowest BCUT2D eigenvalue weighted by Gasteiger charge is -2.22. The predicted octanol–water partition coefficient (Wildman–Crippen LogP) is 3.88. The third-order valence-electron chi connectivity index (χ3n) is 4.16. The summed E-state index contributed by atoms with van der Waals surface area (Å²) in [5, 5.41) is 8.31. The van der Waals surface area contributed by atoms with E-state index < -0.39 is 5.37 Å². The minimum Gasteiger partial charge on any atom is -0.489 e. The molecule has 7 heteroatoms. The molecule has 1 heterocycles. The first-order chi connectivity index (χ1) is 13.3. The molecule has 0 bridgehead atoms. The van der Waals surface area contributed by atoms with Crippen LogP contribution >= 0.6 is 11.8 Å². The van der Waals surface area contributed by atoms with E-state index in [-0.39, 0.29) is 11.8 Å². The summed E-state index contributed by atoms with van der Waals surface area (Å²) in [7, 11) is 0. The average molecular weight is 398 g/mol. The van der Waals surface area contributed by atoms with Gasteiger partial charge in [-0.1, -0.05) is 53.2 Å². The zero-order valence-corrected chi connectivity index (χ0v) is 17.2. The number of nitrogens with zero attached hydrogens (tertiary/aromatic N) is 2. The van der Waals surface area contributed by atoms with E-state index in [0.717, 1.165) is 16.7 Å². The van der Waals surface area contributed by atoms with Gasteiger partial charge < -0.3 is 10.1 Å². The van der Waals surface area contributed by atoms with Crippen LogP contribution < -0.4 is 10.1 Å². The van der Waals surface area contributed by atoms with Crippen LogP contribution in [0.1, 0.15) is 41.5 Å². The van der Waals surface area contributed by atoms with Crippen molar-refractivity contribution < 1.29 is 14.3 Å². The van der Waals surface area contributed by atoms with Crippen molar-refractivity contribution in [3.8, 4) is 5.75 Å². The number of amides is 2. The van der Waals surface area contributed by atoms with Crippen LogP contribution in [0, 0.1) is 13.8 Å². The van der Waals surface area contributed by atoms with Gasteiger partial charge in [0.25, 0.3) is 0 Å². The van der Waals surface area contributed by atoms with Crippen molar-refractivity contribution in [1.82, 2.24) is 10.3 Å². The number of nitrogens with one attached hydrogen (secondary N) is 1. The van der Waals surface area contributed by atoms with Crippen LogP contribution in [0.2, 0.25) is 0 Å². The molecule has 1 atom stereocenters. The van der Waals surface area contributed by atoms with Gasteiger partial charge in [-0.05, 0) is 31.5 Å². The first-order valence-corrected chi connectivity index (χ1v) is 9.83. The molecule has 0 aromatic heterocycles. The number of hydrogen-bond acceptors (Lipinski definition) is 5. The lowest BCUT2D eigenvalue weighted by Crippen LogP contribution is -2.25. The first-order valence-electron chi connectivity index (χ1n) is 8.95. The van der Waals surface area contributed by atoms with Crippen molar-refractivity contribution in [2.75, 3.05) is 0 Å². The SMILES string of the molecule is CC(=O)NC1=NN(C(C)=O)[C@H](c2cc(C)ccc2OCc2cccc(C)c2)S1. The van der Waals surface area contributed by atoms with Gasteiger partial charge in [-0.15, -0.1) is 5.10 Å². The Morgan fingerprint density at radius 2 is 1.89 bits per heavy atom. The second kappa shape index (κ2) is 8.48. The van der Waals surface area contributed by atoms with E-state index in [1.54, 1.807) is 0 Å². The lowest BCUT2D eigenvalue weighted by atomic mass is 10.1. The molecule has 0 saturated heterocycles. The predicted molar refractivity (Wildman–Crippen MR) is 111 cm³/mol. The quantitative estimate of drug-likeness (QED) is 0.850. The van der Waals surface area contributed by atoms with Gasteiger partial charge in [-0.2, -0.15) is 0 Å². The Bertz CT molecular complexity index is 942. The zero-order chi connectivity index (χ0) is 20.3. The number of hydrogen-bond donors (Lipinski definition) is 1. The molecule has 3 rings (SSSR count). The first kappa shape index (κ1) is 19.9. The number of aryl methyl sites for hydroxylation is 2. The van der Waals surface area contributed by atoms with Crippen LogP contribution in [0.25, 0.3) is 0 Å². The number of amidine groups is 1. The van der Waals surface area contributed by atoms with E-state index in [0.29, 0.717) is 17.5 Å². The topological polar surface area (TPSA) is 71.0 Å². The fraction of sp³-hybridized carbons (Fsp3) is 0.286. The summed E-state index contributed by atoms with van der Waals surface area (Å²) in [6, 6.07) is 14.0. The molecule has 1 aliphatic heterocycles. The highest BCUT2D eigenvalue weighted by Gasteiger charge is 2.34. The molecule has 0 aliphatic carbocycles. The van der Waals surface area contributed by atoms with Gasteiger partial charge >= 0.3 is 0 Å². The molecule has 146 valence electrons. The van der Waals surface area contributed by atoms with Crippen molar-refractivity contribution in [2.45, 2.75) is 39.7 Å². The smallest absolute Gasteiger partial charge is 0.241 e. The maximum absolute atomic E-state index is 12.1. The van der Waals surface area contributed by atoms with E-state index in [9.17, 15) is 9.59 Å². The number of ether oxygens (including phenoxy) is 1. The monoisotopic (exact) mass is 397 g/mol. The molecule has 2 aromatic rings. The average Bonchev–Trinajstić information content (AvgIpc) is 3.04. The van der Waals surface area contributed by atoms with Crippen molar-refractivity contribution in [3.05, 3.63) is 64.7 Å². The molecule has 0 fully saturated rings. The fourth-order valence-corrected chi connectivity index (χ4v) is 4.08.